The Hall–Kier alpha value is -2.83. The van der Waals surface area contributed by atoms with Gasteiger partial charge in [-0.2, -0.15) is 52.7 Å². The van der Waals surface area contributed by atoms with Crippen molar-refractivity contribution in [3.63, 3.8) is 0 Å². The van der Waals surface area contributed by atoms with Crippen molar-refractivity contribution in [1.29, 1.82) is 0 Å². The first kappa shape index (κ1) is 43.2. The van der Waals surface area contributed by atoms with Crippen LogP contribution in [0.25, 0.3) is 0 Å². The molecule has 0 heterocycles. The highest BCUT2D eigenvalue weighted by molar-refractivity contribution is 5.77. The fourth-order valence-corrected chi connectivity index (χ4v) is 4.93. The van der Waals surface area contributed by atoms with Gasteiger partial charge < -0.3 is 23.7 Å². The summed E-state index contributed by atoms with van der Waals surface area (Å²) in [5.41, 5.74) is -16.3. The molecule has 0 N–H and O–H groups in total. The second-order valence-electron chi connectivity index (χ2n) is 13.8. The van der Waals surface area contributed by atoms with Crippen molar-refractivity contribution >= 4 is 18.3 Å². The fourth-order valence-electron chi connectivity index (χ4n) is 4.93. The average molecular weight is 731 g/mol. The number of carbonyl (C=O) groups is 3. The molecule has 0 amide bonds. The number of hydrogen-bond acceptors (Lipinski definition) is 8. The summed E-state index contributed by atoms with van der Waals surface area (Å²) < 4.78 is 195. The third-order valence-electron chi connectivity index (χ3n) is 7.80. The molecule has 0 saturated heterocycles. The molecule has 1 saturated carbocycles. The lowest BCUT2D eigenvalue weighted by Crippen LogP contribution is -2.67. The molecule has 0 bridgehead atoms. The largest absolute Gasteiger partial charge is 0.510 e. The van der Waals surface area contributed by atoms with Crippen molar-refractivity contribution in [3.8, 4) is 0 Å². The van der Waals surface area contributed by atoms with Gasteiger partial charge in [0.2, 0.25) is 5.60 Å². The van der Waals surface area contributed by atoms with E-state index < -0.39 is 114 Å². The van der Waals surface area contributed by atoms with Crippen LogP contribution in [-0.2, 0) is 28.5 Å². The molecule has 5 atom stereocenters. The summed E-state index contributed by atoms with van der Waals surface area (Å²) in [5, 5.41) is 0. The minimum absolute atomic E-state index is 0.0896. The lowest BCUT2D eigenvalue weighted by atomic mass is 9.66. The number of hydrogen-bond donors (Lipinski definition) is 0. The zero-order valence-electron chi connectivity index (χ0n) is 27.4. The molecule has 0 spiro atoms. The molecule has 0 aromatic carbocycles. The summed E-state index contributed by atoms with van der Waals surface area (Å²) in [5.74, 6) is -8.24. The zero-order chi connectivity index (χ0) is 38.3. The van der Waals surface area contributed by atoms with Crippen molar-refractivity contribution in [2.75, 3.05) is 0 Å². The molecule has 20 heteroatoms. The van der Waals surface area contributed by atoms with E-state index in [1.807, 2.05) is 0 Å². The van der Waals surface area contributed by atoms with Gasteiger partial charge in [-0.3, -0.25) is 4.79 Å². The molecule has 0 aliphatic heterocycles. The van der Waals surface area contributed by atoms with Crippen LogP contribution in [0.3, 0.4) is 0 Å². The summed E-state index contributed by atoms with van der Waals surface area (Å²) in [4.78, 5) is 37.5. The first-order valence-corrected chi connectivity index (χ1v) is 14.3. The van der Waals surface area contributed by atoms with Crippen LogP contribution in [0.2, 0.25) is 0 Å². The van der Waals surface area contributed by atoms with Gasteiger partial charge in [0.25, 0.3) is 0 Å². The van der Waals surface area contributed by atoms with Gasteiger partial charge in [-0.1, -0.05) is 6.92 Å². The Morgan fingerprint density at radius 1 is 0.542 bits per heavy atom. The quantitative estimate of drug-likeness (QED) is 0.145. The molecule has 0 aromatic heterocycles. The standard InChI is InChI=1S/C28H38F12O8/c1-10-22(8,25(29,30)31)17(41)44-16-12-14(23(9,26(32,33)34)47-18(42)45-20(2,3)4)11-15(13-16)24(27(35,36)37,28(38,39)40)48-19(43)46-21(5,6)7/h14-16H,10-13H2,1-9H3. The van der Waals surface area contributed by atoms with E-state index in [1.54, 1.807) is 0 Å². The lowest BCUT2D eigenvalue weighted by molar-refractivity contribution is -0.392. The summed E-state index contributed by atoms with van der Waals surface area (Å²) in [6.45, 7) is 7.92. The van der Waals surface area contributed by atoms with Crippen LogP contribution in [0.15, 0.2) is 0 Å². The van der Waals surface area contributed by atoms with Gasteiger partial charge in [-0.05, 0) is 81.1 Å². The second kappa shape index (κ2) is 13.5. The maximum Gasteiger partial charge on any atom is 0.510 e. The van der Waals surface area contributed by atoms with Crippen LogP contribution < -0.4 is 0 Å². The molecular formula is C28H38F12O8. The Balaban J connectivity index is 4.04. The van der Waals surface area contributed by atoms with E-state index in [9.17, 15) is 67.1 Å². The van der Waals surface area contributed by atoms with E-state index in [0.29, 0.717) is 6.92 Å². The minimum Gasteiger partial charge on any atom is -0.462 e. The summed E-state index contributed by atoms with van der Waals surface area (Å²) >= 11 is 0. The Bertz CT molecular complexity index is 1150. The molecule has 1 rings (SSSR count). The van der Waals surface area contributed by atoms with E-state index in [1.165, 1.54) is 20.8 Å². The monoisotopic (exact) mass is 730 g/mol. The highest BCUT2D eigenvalue weighted by Crippen LogP contribution is 2.58. The number of alkyl halides is 12. The van der Waals surface area contributed by atoms with E-state index in [0.717, 1.165) is 27.7 Å². The van der Waals surface area contributed by atoms with Crippen molar-refractivity contribution in [1.82, 2.24) is 0 Å². The predicted octanol–water partition coefficient (Wildman–Crippen LogP) is 9.38. The minimum atomic E-state index is -6.66. The number of carbonyl (C=O) groups excluding carboxylic acids is 3. The molecule has 1 fully saturated rings. The summed E-state index contributed by atoms with van der Waals surface area (Å²) in [6, 6.07) is 0. The fraction of sp³-hybridized carbons (Fsp3) is 0.893. The van der Waals surface area contributed by atoms with Crippen LogP contribution in [-0.4, -0.2) is 71.5 Å². The van der Waals surface area contributed by atoms with Gasteiger partial charge in [0.05, 0.1) is 0 Å². The SMILES string of the molecule is CCC(C)(C(=O)OC1CC(C(C)(OC(=O)OC(C)(C)C)C(F)(F)F)CC(C(OC(=O)OC(C)(C)C)(C(F)(F)F)C(F)(F)F)C1)C(F)(F)F. The van der Waals surface area contributed by atoms with Crippen LogP contribution >= 0.6 is 0 Å². The van der Waals surface area contributed by atoms with E-state index >= 15 is 0 Å². The lowest BCUT2D eigenvalue weighted by Gasteiger charge is -2.49. The Labute approximate surface area is 268 Å². The first-order chi connectivity index (χ1) is 21.0. The van der Waals surface area contributed by atoms with Crippen molar-refractivity contribution < 1.29 is 90.8 Å². The van der Waals surface area contributed by atoms with Gasteiger partial charge in [0, 0.05) is 11.8 Å². The predicted molar refractivity (Wildman–Crippen MR) is 139 cm³/mol. The number of ether oxygens (including phenoxy) is 5. The van der Waals surface area contributed by atoms with Crippen LogP contribution in [0.5, 0.6) is 0 Å². The van der Waals surface area contributed by atoms with Gasteiger partial charge in [0.1, 0.15) is 17.3 Å². The Morgan fingerprint density at radius 3 is 1.27 bits per heavy atom. The third kappa shape index (κ3) is 9.44. The highest BCUT2D eigenvalue weighted by atomic mass is 19.4. The van der Waals surface area contributed by atoms with E-state index in [2.05, 4.69) is 14.2 Å². The third-order valence-corrected chi connectivity index (χ3v) is 7.80. The van der Waals surface area contributed by atoms with E-state index in [4.69, 9.17) is 9.47 Å². The summed E-state index contributed by atoms with van der Waals surface area (Å²) in [6.07, 6.45) is -37.5. The maximum absolute atomic E-state index is 14.7. The van der Waals surface area contributed by atoms with Crippen LogP contribution in [0.1, 0.15) is 88.0 Å². The zero-order valence-corrected chi connectivity index (χ0v) is 27.4. The Kier molecular flexibility index (Phi) is 12.1. The van der Waals surface area contributed by atoms with Gasteiger partial charge in [-0.25, -0.2) is 9.59 Å². The molecule has 0 aromatic rings. The van der Waals surface area contributed by atoms with Crippen molar-refractivity contribution in [2.24, 2.45) is 17.3 Å². The molecular weight excluding hydrogens is 692 g/mol. The topological polar surface area (TPSA) is 97.4 Å². The highest BCUT2D eigenvalue weighted by Gasteiger charge is 2.79. The normalized spacial score (nSPS) is 22.9. The molecule has 48 heavy (non-hydrogen) atoms. The number of esters is 1. The number of halogens is 12. The second-order valence-corrected chi connectivity index (χ2v) is 13.8. The first-order valence-electron chi connectivity index (χ1n) is 14.3. The summed E-state index contributed by atoms with van der Waals surface area (Å²) in [7, 11) is 0. The smallest absolute Gasteiger partial charge is 0.462 e. The van der Waals surface area contributed by atoms with Gasteiger partial charge in [-0.15, -0.1) is 0 Å². The molecule has 1 aliphatic carbocycles. The molecule has 282 valence electrons. The maximum atomic E-state index is 14.7. The molecule has 0 radical (unpaired) electrons. The average Bonchev–Trinajstić information content (AvgIpc) is 2.81. The van der Waals surface area contributed by atoms with Gasteiger partial charge >= 0.3 is 48.6 Å². The van der Waals surface area contributed by atoms with Crippen molar-refractivity contribution in [2.45, 2.75) is 141 Å². The molecule has 5 unspecified atom stereocenters. The molecule has 1 aliphatic rings. The Morgan fingerprint density at radius 2 is 0.938 bits per heavy atom. The van der Waals surface area contributed by atoms with E-state index in [-0.39, 0.29) is 6.92 Å². The molecule has 8 nitrogen and oxygen atoms in total. The van der Waals surface area contributed by atoms with Crippen molar-refractivity contribution in [3.05, 3.63) is 0 Å². The van der Waals surface area contributed by atoms with Crippen LogP contribution in [0, 0.1) is 17.3 Å². The number of rotatable bonds is 7. The van der Waals surface area contributed by atoms with Crippen LogP contribution in [0.4, 0.5) is 62.3 Å². The van der Waals surface area contributed by atoms with Gasteiger partial charge in [0.15, 0.2) is 5.41 Å².